The Kier molecular flexibility index (Phi) is 5.33. The first-order valence-electron chi connectivity index (χ1n) is 4.64. The van der Waals surface area contributed by atoms with Crippen molar-refractivity contribution < 1.29 is 16.8 Å². The summed E-state index contributed by atoms with van der Waals surface area (Å²) in [5, 5.41) is 0. The highest BCUT2D eigenvalue weighted by Gasteiger charge is 2.24. The van der Waals surface area contributed by atoms with E-state index >= 15 is 0 Å². The van der Waals surface area contributed by atoms with Gasteiger partial charge in [-0.05, 0) is 13.8 Å². The van der Waals surface area contributed by atoms with Crippen LogP contribution in [0, 0.1) is 0 Å². The Hall–Kier alpha value is -0.220. The van der Waals surface area contributed by atoms with Crippen molar-refractivity contribution in [1.29, 1.82) is 0 Å². The van der Waals surface area contributed by atoms with E-state index in [4.69, 9.17) is 5.73 Å². The second-order valence-electron chi connectivity index (χ2n) is 4.19. The number of nitrogens with two attached hydrogens (primary N) is 1. The fourth-order valence-electron chi connectivity index (χ4n) is 1.06. The topological polar surface area (TPSA) is 118 Å². The molecule has 0 radical (unpaired) electrons. The number of nitrogens with one attached hydrogen (secondary N) is 2. The van der Waals surface area contributed by atoms with Crippen molar-refractivity contribution in [3.8, 4) is 0 Å². The Morgan fingerprint density at radius 2 is 1.69 bits per heavy atom. The van der Waals surface area contributed by atoms with Crippen LogP contribution in [0.15, 0.2) is 0 Å². The van der Waals surface area contributed by atoms with Gasteiger partial charge in [-0.3, -0.25) is 0 Å². The maximum absolute atomic E-state index is 11.3. The van der Waals surface area contributed by atoms with Gasteiger partial charge >= 0.3 is 0 Å². The summed E-state index contributed by atoms with van der Waals surface area (Å²) in [6.45, 7) is 3.16. The first kappa shape index (κ1) is 15.8. The van der Waals surface area contributed by atoms with Crippen molar-refractivity contribution in [2.45, 2.75) is 19.4 Å². The average molecular weight is 273 g/mol. The van der Waals surface area contributed by atoms with Crippen LogP contribution in [0.2, 0.25) is 0 Å². The summed E-state index contributed by atoms with van der Waals surface area (Å²) in [5.41, 5.74) is 4.25. The minimum absolute atomic E-state index is 0.0231. The van der Waals surface area contributed by atoms with E-state index in [0.717, 1.165) is 6.26 Å². The fraction of sp³-hybridized carbons (Fsp3) is 1.00. The van der Waals surface area contributed by atoms with Crippen molar-refractivity contribution in [2.24, 2.45) is 5.73 Å². The second kappa shape index (κ2) is 5.41. The molecule has 0 aromatic rings. The molecule has 0 spiro atoms. The Morgan fingerprint density at radius 1 is 1.19 bits per heavy atom. The fourth-order valence-corrected chi connectivity index (χ4v) is 3.17. The monoisotopic (exact) mass is 273 g/mol. The smallest absolute Gasteiger partial charge is 0.212 e. The van der Waals surface area contributed by atoms with E-state index in [2.05, 4.69) is 9.44 Å². The van der Waals surface area contributed by atoms with Crippen LogP contribution in [0.4, 0.5) is 0 Å². The minimum Gasteiger partial charge on any atom is -0.329 e. The number of rotatable bonds is 7. The minimum atomic E-state index is -3.43. The molecule has 0 bridgehead atoms. The van der Waals surface area contributed by atoms with Crippen LogP contribution in [-0.2, 0) is 20.0 Å². The molecule has 0 aliphatic heterocycles. The molecule has 0 unspecified atom stereocenters. The number of hydrogen-bond donors (Lipinski definition) is 3. The van der Waals surface area contributed by atoms with Crippen LogP contribution in [0.3, 0.4) is 0 Å². The predicted molar refractivity (Wildman–Crippen MR) is 62.9 cm³/mol. The lowest BCUT2D eigenvalue weighted by atomic mass is 10.1. The van der Waals surface area contributed by atoms with E-state index in [1.54, 1.807) is 13.8 Å². The molecule has 0 aliphatic carbocycles. The zero-order valence-electron chi connectivity index (χ0n) is 9.65. The van der Waals surface area contributed by atoms with Crippen LogP contribution in [0.5, 0.6) is 0 Å². The lowest BCUT2D eigenvalue weighted by Crippen LogP contribution is -2.51. The molecule has 9 heteroatoms. The van der Waals surface area contributed by atoms with Crippen LogP contribution in [0.25, 0.3) is 0 Å². The van der Waals surface area contributed by atoms with Gasteiger partial charge in [0.2, 0.25) is 20.0 Å². The van der Waals surface area contributed by atoms with Crippen LogP contribution in [0.1, 0.15) is 13.8 Å². The molecule has 0 aliphatic rings. The van der Waals surface area contributed by atoms with Gasteiger partial charge in [-0.2, -0.15) is 0 Å². The molecule has 0 rings (SSSR count). The third kappa shape index (κ3) is 7.99. The van der Waals surface area contributed by atoms with Crippen LogP contribution < -0.4 is 15.2 Å². The highest BCUT2D eigenvalue weighted by Crippen LogP contribution is 2.02. The highest BCUT2D eigenvalue weighted by atomic mass is 32.2. The molecule has 16 heavy (non-hydrogen) atoms. The van der Waals surface area contributed by atoms with Crippen molar-refractivity contribution >= 4 is 20.0 Å². The van der Waals surface area contributed by atoms with Gasteiger partial charge in [0.1, 0.15) is 0 Å². The lowest BCUT2D eigenvalue weighted by molar-refractivity contribution is 0.446. The van der Waals surface area contributed by atoms with Gasteiger partial charge in [0, 0.05) is 18.6 Å². The molecule has 0 aromatic heterocycles. The summed E-state index contributed by atoms with van der Waals surface area (Å²) in [6, 6.07) is 0. The largest absolute Gasteiger partial charge is 0.329 e. The molecule has 0 fully saturated rings. The van der Waals surface area contributed by atoms with Crippen molar-refractivity contribution in [3.63, 3.8) is 0 Å². The summed E-state index contributed by atoms with van der Waals surface area (Å²) < 4.78 is 49.1. The Bertz CT molecular complexity index is 413. The lowest BCUT2D eigenvalue weighted by Gasteiger charge is -2.25. The first-order valence-corrected chi connectivity index (χ1v) is 8.18. The molecule has 0 heterocycles. The van der Waals surface area contributed by atoms with Crippen LogP contribution in [-0.4, -0.2) is 47.5 Å². The SMILES string of the molecule is CC(C)(CNS(=O)(=O)CCN)NS(C)(=O)=O. The molecule has 0 amide bonds. The summed E-state index contributed by atoms with van der Waals surface area (Å²) >= 11 is 0. The quantitative estimate of drug-likeness (QED) is 0.505. The highest BCUT2D eigenvalue weighted by molar-refractivity contribution is 7.89. The van der Waals surface area contributed by atoms with Crippen molar-refractivity contribution in [2.75, 3.05) is 25.1 Å². The molecule has 0 saturated carbocycles. The Balaban J connectivity index is 4.41. The van der Waals surface area contributed by atoms with E-state index < -0.39 is 25.6 Å². The average Bonchev–Trinajstić information content (AvgIpc) is 1.97. The Morgan fingerprint density at radius 3 is 2.06 bits per heavy atom. The summed E-state index contributed by atoms with van der Waals surface area (Å²) in [4.78, 5) is 0. The van der Waals surface area contributed by atoms with Gasteiger partial charge in [-0.1, -0.05) is 0 Å². The second-order valence-corrected chi connectivity index (χ2v) is 7.86. The maximum atomic E-state index is 11.3. The van der Waals surface area contributed by atoms with E-state index in [1.807, 2.05) is 0 Å². The van der Waals surface area contributed by atoms with E-state index in [9.17, 15) is 16.8 Å². The zero-order chi connectivity index (χ0) is 13.0. The van der Waals surface area contributed by atoms with Crippen molar-refractivity contribution in [3.05, 3.63) is 0 Å². The summed E-state index contributed by atoms with van der Waals surface area (Å²) in [7, 11) is -6.80. The van der Waals surface area contributed by atoms with Gasteiger partial charge in [-0.15, -0.1) is 0 Å². The first-order chi connectivity index (χ1) is 6.97. The molecule has 4 N–H and O–H groups in total. The van der Waals surface area contributed by atoms with Gasteiger partial charge in [0.25, 0.3) is 0 Å². The predicted octanol–water partition coefficient (Wildman–Crippen LogP) is -1.81. The molecular formula is C7H19N3O4S2. The van der Waals surface area contributed by atoms with Gasteiger partial charge in [-0.25, -0.2) is 26.3 Å². The third-order valence-electron chi connectivity index (χ3n) is 1.58. The molecule has 0 atom stereocenters. The van der Waals surface area contributed by atoms with E-state index in [-0.39, 0.29) is 18.8 Å². The molecular weight excluding hydrogens is 254 g/mol. The van der Waals surface area contributed by atoms with Gasteiger partial charge in [0.15, 0.2) is 0 Å². The molecule has 7 nitrogen and oxygen atoms in total. The van der Waals surface area contributed by atoms with Gasteiger partial charge in [0.05, 0.1) is 12.0 Å². The molecule has 0 saturated heterocycles. The number of hydrogen-bond acceptors (Lipinski definition) is 5. The number of sulfonamides is 2. The van der Waals surface area contributed by atoms with Crippen LogP contribution >= 0.6 is 0 Å². The Labute approximate surface area is 96.9 Å². The molecule has 0 aromatic carbocycles. The summed E-state index contributed by atoms with van der Waals surface area (Å²) in [6.07, 6.45) is 1.02. The molecule has 98 valence electrons. The van der Waals surface area contributed by atoms with Crippen molar-refractivity contribution in [1.82, 2.24) is 9.44 Å². The normalized spacial score (nSPS) is 14.0. The maximum Gasteiger partial charge on any atom is 0.212 e. The van der Waals surface area contributed by atoms with Gasteiger partial charge < -0.3 is 5.73 Å². The van der Waals surface area contributed by atoms with E-state index in [0.29, 0.717) is 0 Å². The standard InChI is InChI=1S/C7H19N3O4S2/c1-7(2,10-15(3,11)12)6-9-16(13,14)5-4-8/h9-10H,4-6,8H2,1-3H3. The summed E-state index contributed by atoms with van der Waals surface area (Å²) in [5.74, 6) is -0.179. The third-order valence-corrected chi connectivity index (χ3v) is 3.86. The van der Waals surface area contributed by atoms with E-state index in [1.165, 1.54) is 0 Å². The zero-order valence-corrected chi connectivity index (χ0v) is 11.3.